The maximum absolute atomic E-state index is 11.2. The summed E-state index contributed by atoms with van der Waals surface area (Å²) >= 11 is 0. The van der Waals surface area contributed by atoms with Crippen LogP contribution < -0.4 is 0 Å². The van der Waals surface area contributed by atoms with Crippen LogP contribution >= 0.6 is 0 Å². The Hall–Kier alpha value is -0.570. The van der Waals surface area contributed by atoms with E-state index in [2.05, 4.69) is 0 Å². The number of aliphatic hydroxyl groups excluding tert-OH is 1. The van der Waals surface area contributed by atoms with E-state index in [0.29, 0.717) is 6.04 Å². The molecule has 0 aromatic carbocycles. The topological polar surface area (TPSA) is 40.5 Å². The van der Waals surface area contributed by atoms with Crippen LogP contribution in [-0.4, -0.2) is 28.7 Å². The number of carbonyl (C=O) groups excluding carboxylic acids is 1. The minimum absolute atomic E-state index is 0.0833. The number of rotatable bonds is 1. The second-order valence-corrected chi connectivity index (χ2v) is 3.41. The molecule has 2 aliphatic rings. The number of amides is 1. The van der Waals surface area contributed by atoms with Crippen molar-refractivity contribution in [2.45, 2.75) is 31.7 Å². The van der Waals surface area contributed by atoms with Crippen LogP contribution in [0.15, 0.2) is 0 Å². The molecule has 1 heterocycles. The van der Waals surface area contributed by atoms with Gasteiger partial charge in [0, 0.05) is 6.04 Å². The molecule has 3 nitrogen and oxygen atoms in total. The molecule has 62 valence electrons. The van der Waals surface area contributed by atoms with Gasteiger partial charge in [0.15, 0.2) is 0 Å². The van der Waals surface area contributed by atoms with E-state index in [1.807, 2.05) is 0 Å². The standard InChI is InChI=1S/C8H13NO2/c10-5-9-7-4-2-1-3-6(7)8(9)11/h6-7,10H,1-5H2/t6-,7+/m0/s1. The van der Waals surface area contributed by atoms with E-state index < -0.39 is 0 Å². The minimum Gasteiger partial charge on any atom is -0.376 e. The van der Waals surface area contributed by atoms with E-state index in [1.54, 1.807) is 4.90 Å². The molecule has 11 heavy (non-hydrogen) atoms. The highest BCUT2D eigenvalue weighted by molar-refractivity contribution is 5.86. The van der Waals surface area contributed by atoms with Crippen LogP contribution in [-0.2, 0) is 4.79 Å². The normalized spacial score (nSPS) is 36.5. The van der Waals surface area contributed by atoms with Gasteiger partial charge in [-0.25, -0.2) is 0 Å². The van der Waals surface area contributed by atoms with E-state index in [1.165, 1.54) is 12.8 Å². The molecule has 0 radical (unpaired) electrons. The van der Waals surface area contributed by atoms with Crippen molar-refractivity contribution < 1.29 is 9.90 Å². The van der Waals surface area contributed by atoms with Gasteiger partial charge in [-0.3, -0.25) is 4.79 Å². The third kappa shape index (κ3) is 0.872. The van der Waals surface area contributed by atoms with Crippen LogP contribution in [0.3, 0.4) is 0 Å². The van der Waals surface area contributed by atoms with Gasteiger partial charge in [-0.1, -0.05) is 12.8 Å². The third-order valence-corrected chi connectivity index (χ3v) is 2.88. The third-order valence-electron chi connectivity index (χ3n) is 2.88. The van der Waals surface area contributed by atoms with Crippen molar-refractivity contribution in [1.82, 2.24) is 4.90 Å². The number of aliphatic hydroxyl groups is 1. The Labute approximate surface area is 66.0 Å². The fourth-order valence-corrected chi connectivity index (χ4v) is 2.24. The first-order valence-electron chi connectivity index (χ1n) is 4.26. The lowest BCUT2D eigenvalue weighted by Gasteiger charge is -2.48. The van der Waals surface area contributed by atoms with Crippen molar-refractivity contribution >= 4 is 5.91 Å². The van der Waals surface area contributed by atoms with Crippen LogP contribution in [0.1, 0.15) is 25.7 Å². The molecule has 0 spiro atoms. The molecular formula is C8H13NO2. The maximum atomic E-state index is 11.2. The summed E-state index contributed by atoms with van der Waals surface area (Å²) in [7, 11) is 0. The van der Waals surface area contributed by atoms with Gasteiger partial charge in [-0.15, -0.1) is 0 Å². The number of β-lactam (4-membered cyclic amide) rings is 1. The summed E-state index contributed by atoms with van der Waals surface area (Å²) in [6.07, 6.45) is 4.54. The van der Waals surface area contributed by atoms with Gasteiger partial charge in [0.1, 0.15) is 6.73 Å². The molecule has 2 atom stereocenters. The summed E-state index contributed by atoms with van der Waals surface area (Å²) < 4.78 is 0. The average molecular weight is 155 g/mol. The van der Waals surface area contributed by atoms with Gasteiger partial charge in [0.05, 0.1) is 5.92 Å². The molecule has 1 amide bonds. The predicted octanol–water partition coefficient (Wildman–Crippen LogP) is 0.337. The molecule has 0 aromatic heterocycles. The molecule has 1 saturated heterocycles. The van der Waals surface area contributed by atoms with E-state index in [9.17, 15) is 4.79 Å². The molecule has 0 bridgehead atoms. The van der Waals surface area contributed by atoms with Crippen LogP contribution in [0, 0.1) is 5.92 Å². The molecule has 1 saturated carbocycles. The summed E-state index contributed by atoms with van der Waals surface area (Å²) in [6.45, 7) is -0.0833. The maximum Gasteiger partial charge on any atom is 0.229 e. The molecule has 0 aromatic rings. The number of hydrogen-bond acceptors (Lipinski definition) is 2. The van der Waals surface area contributed by atoms with Crippen LogP contribution in [0.5, 0.6) is 0 Å². The highest BCUT2D eigenvalue weighted by atomic mass is 16.3. The number of carbonyl (C=O) groups is 1. The first kappa shape index (κ1) is 7.10. The minimum atomic E-state index is -0.0833. The lowest BCUT2D eigenvalue weighted by molar-refractivity contribution is -0.166. The number of nitrogens with zero attached hydrogens (tertiary/aromatic N) is 1. The van der Waals surface area contributed by atoms with Crippen molar-refractivity contribution in [3.63, 3.8) is 0 Å². The summed E-state index contributed by atoms with van der Waals surface area (Å²) in [5.41, 5.74) is 0. The zero-order valence-corrected chi connectivity index (χ0v) is 6.49. The summed E-state index contributed by atoms with van der Waals surface area (Å²) in [6, 6.07) is 0.376. The Kier molecular flexibility index (Phi) is 1.60. The van der Waals surface area contributed by atoms with E-state index in [-0.39, 0.29) is 18.6 Å². The first-order valence-corrected chi connectivity index (χ1v) is 4.26. The molecular weight excluding hydrogens is 142 g/mol. The van der Waals surface area contributed by atoms with Gasteiger partial charge >= 0.3 is 0 Å². The van der Waals surface area contributed by atoms with Gasteiger partial charge in [0.2, 0.25) is 5.91 Å². The van der Waals surface area contributed by atoms with Crippen molar-refractivity contribution in [1.29, 1.82) is 0 Å². The molecule has 1 aliphatic carbocycles. The van der Waals surface area contributed by atoms with Crippen molar-refractivity contribution in [2.75, 3.05) is 6.73 Å². The monoisotopic (exact) mass is 155 g/mol. The Morgan fingerprint density at radius 3 is 2.91 bits per heavy atom. The molecule has 2 fully saturated rings. The lowest BCUT2D eigenvalue weighted by Crippen LogP contribution is -2.61. The van der Waals surface area contributed by atoms with Gasteiger partial charge in [0.25, 0.3) is 0 Å². The van der Waals surface area contributed by atoms with E-state index in [0.717, 1.165) is 12.8 Å². The zero-order chi connectivity index (χ0) is 7.84. The van der Waals surface area contributed by atoms with Crippen molar-refractivity contribution in [3.05, 3.63) is 0 Å². The molecule has 3 heteroatoms. The molecule has 0 unspecified atom stereocenters. The highest BCUT2D eigenvalue weighted by Gasteiger charge is 2.47. The van der Waals surface area contributed by atoms with Crippen LogP contribution in [0.4, 0.5) is 0 Å². The quantitative estimate of drug-likeness (QED) is 0.555. The molecule has 1 N–H and O–H groups in total. The zero-order valence-electron chi connectivity index (χ0n) is 6.49. The van der Waals surface area contributed by atoms with Crippen LogP contribution in [0.25, 0.3) is 0 Å². The van der Waals surface area contributed by atoms with Gasteiger partial charge < -0.3 is 10.0 Å². The van der Waals surface area contributed by atoms with Gasteiger partial charge in [-0.2, -0.15) is 0 Å². The predicted molar refractivity (Wildman–Crippen MR) is 39.7 cm³/mol. The molecule has 2 rings (SSSR count). The first-order chi connectivity index (χ1) is 5.34. The number of hydrogen-bond donors (Lipinski definition) is 1. The number of likely N-dealkylation sites (tertiary alicyclic amines) is 1. The van der Waals surface area contributed by atoms with Gasteiger partial charge in [-0.05, 0) is 12.8 Å². The Balaban J connectivity index is 2.03. The summed E-state index contributed by atoms with van der Waals surface area (Å²) in [4.78, 5) is 12.8. The van der Waals surface area contributed by atoms with E-state index in [4.69, 9.17) is 5.11 Å². The fraction of sp³-hybridized carbons (Fsp3) is 0.875. The lowest BCUT2D eigenvalue weighted by atomic mass is 9.76. The largest absolute Gasteiger partial charge is 0.376 e. The smallest absolute Gasteiger partial charge is 0.229 e. The Bertz CT molecular complexity index is 173. The Morgan fingerprint density at radius 1 is 1.45 bits per heavy atom. The second-order valence-electron chi connectivity index (χ2n) is 3.41. The van der Waals surface area contributed by atoms with E-state index >= 15 is 0 Å². The highest BCUT2D eigenvalue weighted by Crippen LogP contribution is 2.37. The van der Waals surface area contributed by atoms with Crippen molar-refractivity contribution in [3.8, 4) is 0 Å². The van der Waals surface area contributed by atoms with Crippen LogP contribution in [0.2, 0.25) is 0 Å². The van der Waals surface area contributed by atoms with Crippen molar-refractivity contribution in [2.24, 2.45) is 5.92 Å². The summed E-state index contributed by atoms with van der Waals surface area (Å²) in [5, 5.41) is 8.80. The second kappa shape index (κ2) is 2.48. The fourth-order valence-electron chi connectivity index (χ4n) is 2.24. The SMILES string of the molecule is O=C1[C@H]2CCCC[C@H]2N1CO. The number of fused-ring (bicyclic) bond motifs is 1. The molecule has 1 aliphatic heterocycles. The Morgan fingerprint density at radius 2 is 2.18 bits per heavy atom. The summed E-state index contributed by atoms with van der Waals surface area (Å²) in [5.74, 6) is 0.424. The average Bonchev–Trinajstić information content (AvgIpc) is 2.05.